The highest BCUT2D eigenvalue weighted by molar-refractivity contribution is 5.54. The van der Waals surface area contributed by atoms with E-state index in [-0.39, 0.29) is 24.2 Å². The van der Waals surface area contributed by atoms with E-state index in [2.05, 4.69) is 13.0 Å². The second-order valence-corrected chi connectivity index (χ2v) is 7.97. The lowest BCUT2D eigenvalue weighted by Gasteiger charge is -2.47. The molecule has 0 amide bonds. The average Bonchev–Trinajstić information content (AvgIpc) is 2.54. The highest BCUT2D eigenvalue weighted by Gasteiger charge is 2.47. The van der Waals surface area contributed by atoms with E-state index in [1.54, 1.807) is 0 Å². The Morgan fingerprint density at radius 3 is 2.68 bits per heavy atom. The lowest BCUT2D eigenvalue weighted by molar-refractivity contribution is -0.0111. The summed E-state index contributed by atoms with van der Waals surface area (Å²) in [7, 11) is 0. The number of aliphatic hydroxyl groups excluding tert-OH is 2. The van der Waals surface area contributed by atoms with Gasteiger partial charge in [-0.05, 0) is 56.4 Å². The quantitative estimate of drug-likeness (QED) is 0.562. The minimum Gasteiger partial charge on any atom is -0.507 e. The molecule has 3 rings (SSSR count). The zero-order valence-electron chi connectivity index (χ0n) is 15.5. The highest BCUT2D eigenvalue weighted by Crippen LogP contribution is 2.53. The Balaban J connectivity index is 2.01. The second kappa shape index (κ2) is 7.00. The fourth-order valence-corrected chi connectivity index (χ4v) is 4.32. The zero-order valence-corrected chi connectivity index (χ0v) is 15.5. The van der Waals surface area contributed by atoms with E-state index in [1.165, 1.54) is 12.8 Å². The Kier molecular flexibility index (Phi) is 5.12. The maximum Gasteiger partial charge on any atom is 0.127 e. The number of aryl methyl sites for hydroxylation is 1. The zero-order chi connectivity index (χ0) is 18.2. The first-order valence-corrected chi connectivity index (χ1v) is 9.41. The number of unbranched alkanes of at least 4 members (excludes halogenated alkanes) is 2. The van der Waals surface area contributed by atoms with E-state index >= 15 is 0 Å². The largest absolute Gasteiger partial charge is 0.507 e. The van der Waals surface area contributed by atoms with Crippen molar-refractivity contribution >= 4 is 0 Å². The van der Waals surface area contributed by atoms with Crippen molar-refractivity contribution in [2.24, 2.45) is 5.92 Å². The van der Waals surface area contributed by atoms with E-state index in [0.717, 1.165) is 29.7 Å². The van der Waals surface area contributed by atoms with Gasteiger partial charge < -0.3 is 20.1 Å². The Bertz CT molecular complexity index is 662. The second-order valence-electron chi connectivity index (χ2n) is 7.97. The average molecular weight is 346 g/mol. The van der Waals surface area contributed by atoms with Gasteiger partial charge in [-0.3, -0.25) is 0 Å². The van der Waals surface area contributed by atoms with Crippen LogP contribution in [0.2, 0.25) is 0 Å². The summed E-state index contributed by atoms with van der Waals surface area (Å²) < 4.78 is 6.27. The molecule has 4 heteroatoms. The molecule has 1 aromatic carbocycles. The summed E-state index contributed by atoms with van der Waals surface area (Å²) in [6.07, 6.45) is 6.19. The van der Waals surface area contributed by atoms with Crippen molar-refractivity contribution in [1.29, 1.82) is 0 Å². The SMILES string of the molecule is CCCCCc1cc(O)c2c(c1)OC(C)(C)[C@@H]1C[C@H](O)C(CO)=C[C@@H]21. The van der Waals surface area contributed by atoms with Gasteiger partial charge in [0.05, 0.1) is 12.7 Å². The molecule has 0 saturated heterocycles. The predicted octanol–water partition coefficient (Wildman–Crippen LogP) is 3.68. The van der Waals surface area contributed by atoms with Crippen LogP contribution in [-0.2, 0) is 6.42 Å². The van der Waals surface area contributed by atoms with Crippen LogP contribution in [0.1, 0.15) is 63.5 Å². The summed E-state index contributed by atoms with van der Waals surface area (Å²) in [6.45, 7) is 6.10. The summed E-state index contributed by atoms with van der Waals surface area (Å²) in [6, 6.07) is 3.91. The molecule has 3 atom stereocenters. The van der Waals surface area contributed by atoms with Crippen molar-refractivity contribution in [2.45, 2.75) is 70.5 Å². The van der Waals surface area contributed by atoms with Crippen molar-refractivity contribution in [2.75, 3.05) is 6.61 Å². The van der Waals surface area contributed by atoms with E-state index in [9.17, 15) is 15.3 Å². The lowest BCUT2D eigenvalue weighted by Crippen LogP contribution is -2.47. The third kappa shape index (κ3) is 3.42. The predicted molar refractivity (Wildman–Crippen MR) is 98.1 cm³/mol. The Morgan fingerprint density at radius 1 is 1.24 bits per heavy atom. The molecule has 0 radical (unpaired) electrons. The van der Waals surface area contributed by atoms with Gasteiger partial charge in [-0.2, -0.15) is 0 Å². The molecule has 3 N–H and O–H groups in total. The number of fused-ring (bicyclic) bond motifs is 3. The molecule has 0 spiro atoms. The third-order valence-corrected chi connectivity index (χ3v) is 5.76. The number of aromatic hydroxyl groups is 1. The number of phenolic OH excluding ortho intramolecular Hbond substituents is 1. The van der Waals surface area contributed by atoms with Crippen LogP contribution in [0.25, 0.3) is 0 Å². The highest BCUT2D eigenvalue weighted by atomic mass is 16.5. The number of benzene rings is 1. The molecule has 0 unspecified atom stereocenters. The van der Waals surface area contributed by atoms with E-state index < -0.39 is 11.7 Å². The molecular formula is C21H30O4. The molecule has 138 valence electrons. The molecule has 2 aliphatic rings. The third-order valence-electron chi connectivity index (χ3n) is 5.76. The van der Waals surface area contributed by atoms with E-state index in [1.807, 2.05) is 26.0 Å². The molecule has 0 saturated carbocycles. The van der Waals surface area contributed by atoms with Gasteiger partial charge in [0.15, 0.2) is 0 Å². The van der Waals surface area contributed by atoms with Gasteiger partial charge in [0.1, 0.15) is 17.1 Å². The van der Waals surface area contributed by atoms with Crippen molar-refractivity contribution in [1.82, 2.24) is 0 Å². The van der Waals surface area contributed by atoms with Gasteiger partial charge >= 0.3 is 0 Å². The minimum atomic E-state index is -0.647. The normalized spacial score (nSPS) is 27.1. The van der Waals surface area contributed by atoms with Crippen LogP contribution >= 0.6 is 0 Å². The first kappa shape index (κ1) is 18.3. The fraction of sp³-hybridized carbons (Fsp3) is 0.619. The van der Waals surface area contributed by atoms with Crippen LogP contribution in [0.5, 0.6) is 11.5 Å². The van der Waals surface area contributed by atoms with Gasteiger partial charge in [-0.25, -0.2) is 0 Å². The van der Waals surface area contributed by atoms with Crippen molar-refractivity contribution < 1.29 is 20.1 Å². The molecule has 25 heavy (non-hydrogen) atoms. The molecule has 0 fully saturated rings. The standard InChI is InChI=1S/C21H30O4/c1-4-5-6-7-13-8-18(24)20-15-10-14(12-22)17(23)11-16(15)21(2,3)25-19(20)9-13/h8-10,15-17,22-24H,4-7,11-12H2,1-3H3/t15-,16-,17+/m1/s1. The smallest absolute Gasteiger partial charge is 0.127 e. The summed E-state index contributed by atoms with van der Waals surface area (Å²) in [5, 5.41) is 30.5. The summed E-state index contributed by atoms with van der Waals surface area (Å²) in [4.78, 5) is 0. The number of ether oxygens (including phenoxy) is 1. The van der Waals surface area contributed by atoms with Gasteiger partial charge in [0.2, 0.25) is 0 Å². The van der Waals surface area contributed by atoms with Crippen LogP contribution in [0, 0.1) is 5.92 Å². The first-order valence-electron chi connectivity index (χ1n) is 9.41. The number of aliphatic hydroxyl groups is 2. The van der Waals surface area contributed by atoms with Gasteiger partial charge in [-0.15, -0.1) is 0 Å². The Hall–Kier alpha value is -1.52. The Labute approximate surface area is 150 Å². The minimum absolute atomic E-state index is 0.0472. The van der Waals surface area contributed by atoms with Crippen LogP contribution in [0.15, 0.2) is 23.8 Å². The number of allylic oxidation sites excluding steroid dienone is 1. The lowest BCUT2D eigenvalue weighted by atomic mass is 9.67. The molecular weight excluding hydrogens is 316 g/mol. The summed E-state index contributed by atoms with van der Waals surface area (Å²) >= 11 is 0. The van der Waals surface area contributed by atoms with Crippen LogP contribution < -0.4 is 4.74 Å². The van der Waals surface area contributed by atoms with Gasteiger partial charge in [-0.1, -0.05) is 25.8 Å². The maximum absolute atomic E-state index is 10.7. The van der Waals surface area contributed by atoms with Gasteiger partial charge in [0.25, 0.3) is 0 Å². The van der Waals surface area contributed by atoms with Crippen LogP contribution in [0.3, 0.4) is 0 Å². The van der Waals surface area contributed by atoms with E-state index in [4.69, 9.17) is 4.74 Å². The van der Waals surface area contributed by atoms with E-state index in [0.29, 0.717) is 12.0 Å². The molecule has 1 heterocycles. The maximum atomic E-state index is 10.7. The Morgan fingerprint density at radius 2 is 2.00 bits per heavy atom. The topological polar surface area (TPSA) is 69.9 Å². The first-order chi connectivity index (χ1) is 11.9. The van der Waals surface area contributed by atoms with Crippen LogP contribution in [0.4, 0.5) is 0 Å². The molecule has 1 aliphatic carbocycles. The summed E-state index contributed by atoms with van der Waals surface area (Å²) in [5.74, 6) is 1.01. The van der Waals surface area contributed by atoms with Crippen molar-refractivity contribution in [3.8, 4) is 11.5 Å². The molecule has 4 nitrogen and oxygen atoms in total. The molecule has 0 bridgehead atoms. The van der Waals surface area contributed by atoms with Crippen LogP contribution in [-0.4, -0.2) is 33.6 Å². The number of rotatable bonds is 5. The number of phenols is 1. The molecule has 0 aromatic heterocycles. The fourth-order valence-electron chi connectivity index (χ4n) is 4.32. The molecule has 1 aliphatic heterocycles. The number of hydrogen-bond donors (Lipinski definition) is 3. The van der Waals surface area contributed by atoms with Crippen molar-refractivity contribution in [3.63, 3.8) is 0 Å². The number of hydrogen-bond acceptors (Lipinski definition) is 4. The monoisotopic (exact) mass is 346 g/mol. The summed E-state index contributed by atoms with van der Waals surface area (Å²) in [5.41, 5.74) is 2.09. The van der Waals surface area contributed by atoms with Crippen molar-refractivity contribution in [3.05, 3.63) is 34.9 Å². The van der Waals surface area contributed by atoms with Gasteiger partial charge in [0, 0.05) is 17.4 Å². The molecule has 1 aromatic rings.